The van der Waals surface area contributed by atoms with Crippen molar-refractivity contribution >= 4 is 60.7 Å². The number of alkyl halides is 1. The molecule has 2 aromatic heterocycles. The summed E-state index contributed by atoms with van der Waals surface area (Å²) in [7, 11) is 1.34. The number of ether oxygens (including phenoxy) is 2. The molecular weight excluding hydrogens is 629 g/mol. The molecule has 3 fully saturated rings. The first-order chi connectivity index (χ1) is 21.6. The number of nitrogens with two attached hydrogens (primary N) is 1. The van der Waals surface area contributed by atoms with E-state index in [2.05, 4.69) is 20.2 Å². The Bertz CT molecular complexity index is 1920. The molecule has 0 unspecified atom stereocenters. The number of carbonyl (C=O) groups excluding carboxylic acids is 1. The normalized spacial score (nSPS) is 24.1. The Morgan fingerprint density at radius 3 is 2.96 bits per heavy atom. The molecule has 9 nitrogen and oxygen atoms in total. The fraction of sp³-hybridized carbons (Fsp3) is 0.419. The molecule has 0 radical (unpaired) electrons. The maximum absolute atomic E-state index is 16.7. The van der Waals surface area contributed by atoms with Crippen LogP contribution in [0.3, 0.4) is 0 Å². The molecule has 0 bridgehead atoms. The maximum atomic E-state index is 16.7. The summed E-state index contributed by atoms with van der Waals surface area (Å²) in [5.41, 5.74) is 5.56. The van der Waals surface area contributed by atoms with E-state index in [0.717, 1.165) is 30.7 Å². The van der Waals surface area contributed by atoms with Gasteiger partial charge in [0, 0.05) is 35.8 Å². The van der Waals surface area contributed by atoms with Gasteiger partial charge in [-0.15, -0.1) is 11.3 Å². The molecular formula is C31H28ClF3N6O3S. The molecule has 0 spiro atoms. The number of methoxy groups -OCH3 is 1. The van der Waals surface area contributed by atoms with E-state index in [9.17, 15) is 18.8 Å². The zero-order valence-electron chi connectivity index (χ0n) is 24.1. The second-order valence-electron chi connectivity index (χ2n) is 11.9. The molecule has 0 amide bonds. The van der Waals surface area contributed by atoms with Crippen molar-refractivity contribution in [3.05, 3.63) is 40.4 Å². The molecule has 4 heterocycles. The highest BCUT2D eigenvalue weighted by atomic mass is 35.5. The molecule has 4 atom stereocenters. The average molecular weight is 657 g/mol. The van der Waals surface area contributed by atoms with Crippen LogP contribution >= 0.6 is 22.9 Å². The Hall–Kier alpha value is -3.86. The molecule has 2 aliphatic heterocycles. The third-order valence-corrected chi connectivity index (χ3v) is 10.6. The van der Waals surface area contributed by atoms with Crippen molar-refractivity contribution in [3.63, 3.8) is 0 Å². The Kier molecular flexibility index (Phi) is 7.42. The molecule has 45 heavy (non-hydrogen) atoms. The second-order valence-corrected chi connectivity index (χ2v) is 13.4. The van der Waals surface area contributed by atoms with E-state index in [1.807, 2.05) is 6.07 Å². The average Bonchev–Trinajstić information content (AvgIpc) is 3.42. The van der Waals surface area contributed by atoms with Gasteiger partial charge >= 0.3 is 12.0 Å². The molecule has 14 heteroatoms. The van der Waals surface area contributed by atoms with Crippen LogP contribution in [-0.4, -0.2) is 65.9 Å². The van der Waals surface area contributed by atoms with E-state index in [0.29, 0.717) is 25.9 Å². The van der Waals surface area contributed by atoms with Gasteiger partial charge in [-0.2, -0.15) is 15.2 Å². The van der Waals surface area contributed by atoms with Gasteiger partial charge in [-0.1, -0.05) is 17.7 Å². The van der Waals surface area contributed by atoms with E-state index < -0.39 is 23.3 Å². The van der Waals surface area contributed by atoms with Gasteiger partial charge < -0.3 is 20.5 Å². The minimum atomic E-state index is -0.955. The van der Waals surface area contributed by atoms with Crippen molar-refractivity contribution in [3.8, 4) is 23.2 Å². The fourth-order valence-electron chi connectivity index (χ4n) is 6.92. The number of hydrogen-bond donors (Lipinski definition) is 2. The van der Waals surface area contributed by atoms with Crippen LogP contribution in [0.2, 0.25) is 5.02 Å². The number of aromatic nitrogens is 2. The largest absolute Gasteiger partial charge is 0.469 e. The molecule has 7 rings (SSSR count). The van der Waals surface area contributed by atoms with Gasteiger partial charge in [0.2, 0.25) is 0 Å². The predicted octanol–water partition coefficient (Wildman–Crippen LogP) is 6.07. The van der Waals surface area contributed by atoms with Crippen molar-refractivity contribution < 1.29 is 27.4 Å². The van der Waals surface area contributed by atoms with Gasteiger partial charge in [-0.25, -0.2) is 13.2 Å². The van der Waals surface area contributed by atoms with Crippen molar-refractivity contribution in [2.24, 2.45) is 11.8 Å². The van der Waals surface area contributed by atoms with Crippen LogP contribution in [0.1, 0.15) is 31.2 Å². The lowest BCUT2D eigenvalue weighted by Crippen LogP contribution is -2.43. The molecule has 3 aliphatic rings. The van der Waals surface area contributed by atoms with Crippen LogP contribution in [-0.2, 0) is 9.53 Å². The molecule has 234 valence electrons. The Morgan fingerprint density at radius 1 is 1.36 bits per heavy atom. The number of anilines is 2. The highest BCUT2D eigenvalue weighted by Gasteiger charge is 2.49. The minimum absolute atomic E-state index is 0.00158. The molecule has 2 saturated heterocycles. The Labute approximate surface area is 265 Å². The molecule has 2 aromatic carbocycles. The highest BCUT2D eigenvalue weighted by molar-refractivity contribution is 7.23. The van der Waals surface area contributed by atoms with Crippen LogP contribution in [0, 0.1) is 34.8 Å². The lowest BCUT2D eigenvalue weighted by molar-refractivity contribution is -0.142. The molecule has 1 aliphatic carbocycles. The molecule has 4 aromatic rings. The molecule has 3 N–H and O–H groups in total. The Morgan fingerprint density at radius 2 is 2.18 bits per heavy atom. The summed E-state index contributed by atoms with van der Waals surface area (Å²) >= 11 is 7.61. The number of hydrogen-bond acceptors (Lipinski definition) is 10. The van der Waals surface area contributed by atoms with E-state index in [1.165, 1.54) is 25.3 Å². The van der Waals surface area contributed by atoms with Gasteiger partial charge in [0.1, 0.15) is 41.0 Å². The zero-order chi connectivity index (χ0) is 31.6. The lowest BCUT2D eigenvalue weighted by atomic mass is 9.95. The first-order valence-electron chi connectivity index (χ1n) is 14.6. The summed E-state index contributed by atoms with van der Waals surface area (Å²) in [6.07, 6.45) is 1.71. The van der Waals surface area contributed by atoms with Crippen molar-refractivity contribution in [1.29, 1.82) is 5.26 Å². The summed E-state index contributed by atoms with van der Waals surface area (Å²) in [6, 6.07) is 5.93. The second kappa shape index (κ2) is 11.2. The smallest absolute Gasteiger partial charge is 0.319 e. The fourth-order valence-corrected chi connectivity index (χ4v) is 8.16. The predicted molar refractivity (Wildman–Crippen MR) is 165 cm³/mol. The number of benzene rings is 2. The maximum Gasteiger partial charge on any atom is 0.319 e. The lowest BCUT2D eigenvalue weighted by Gasteiger charge is -2.30. The quantitative estimate of drug-likeness (QED) is 0.217. The number of rotatable bonds is 8. The van der Waals surface area contributed by atoms with E-state index >= 15 is 4.39 Å². The number of fused-ring (bicyclic) bond motifs is 3. The molecule has 1 saturated carbocycles. The number of halogens is 4. The topological polar surface area (TPSA) is 126 Å². The number of nitrogens with one attached hydrogen (secondary N) is 1. The summed E-state index contributed by atoms with van der Waals surface area (Å²) in [5.74, 6) is -1.71. The summed E-state index contributed by atoms with van der Waals surface area (Å²) in [5, 5.41) is 13.5. The van der Waals surface area contributed by atoms with E-state index in [4.69, 9.17) is 26.8 Å². The SMILES string of the molecule is COC(=O)[C@@H]1C[C@H]1CNc1nc(OC[C@@]23CCCN2C[C@H](F)C3)nc2c(F)c(-c3ccc(F)c4sc(N)c(C#N)c34)c(Cl)cc12. The third-order valence-electron chi connectivity index (χ3n) is 9.25. The van der Waals surface area contributed by atoms with Crippen molar-refractivity contribution in [2.75, 3.05) is 44.4 Å². The standard InChI is InChI=1S/C31H28ClF3N6O3S/c1-43-29(42)17-7-14(17)11-38-28-18-8-20(32)23(16-3-4-21(34)26-22(16)19(10-36)27(37)45-26)24(35)25(18)39-30(40-28)44-13-31-5-2-6-41(31)12-15(33)9-31/h3-4,8,14-15,17H,2,5-7,9,11-13,37H2,1H3,(H,38,39,40)/t14-,15+,17+,31-/m0/s1. The van der Waals surface area contributed by atoms with Crippen LogP contribution in [0.15, 0.2) is 18.2 Å². The first-order valence-corrected chi connectivity index (χ1v) is 15.8. The number of carbonyl (C=O) groups is 1. The van der Waals surface area contributed by atoms with E-state index in [1.54, 1.807) is 0 Å². The summed E-state index contributed by atoms with van der Waals surface area (Å²) in [4.78, 5) is 23.1. The van der Waals surface area contributed by atoms with Crippen LogP contribution in [0.25, 0.3) is 32.1 Å². The van der Waals surface area contributed by atoms with Gasteiger partial charge in [-0.05, 0) is 49.4 Å². The summed E-state index contributed by atoms with van der Waals surface area (Å²) in [6.45, 7) is 1.61. The number of nitriles is 1. The van der Waals surface area contributed by atoms with Crippen molar-refractivity contribution in [2.45, 2.75) is 37.4 Å². The monoisotopic (exact) mass is 656 g/mol. The summed E-state index contributed by atoms with van der Waals surface area (Å²) < 4.78 is 56.9. The van der Waals surface area contributed by atoms with E-state index in [-0.39, 0.29) is 83.9 Å². The zero-order valence-corrected chi connectivity index (χ0v) is 25.7. The number of esters is 1. The van der Waals surface area contributed by atoms with Crippen LogP contribution < -0.4 is 15.8 Å². The van der Waals surface area contributed by atoms with Gasteiger partial charge in [0.05, 0.1) is 33.9 Å². The van der Waals surface area contributed by atoms with Gasteiger partial charge in [0.15, 0.2) is 5.82 Å². The van der Waals surface area contributed by atoms with Crippen LogP contribution in [0.5, 0.6) is 6.01 Å². The van der Waals surface area contributed by atoms with Gasteiger partial charge in [-0.3, -0.25) is 9.69 Å². The van der Waals surface area contributed by atoms with Gasteiger partial charge in [0.25, 0.3) is 0 Å². The third kappa shape index (κ3) is 4.99. The first kappa shape index (κ1) is 29.8. The number of nitrogens with zero attached hydrogens (tertiary/aromatic N) is 4. The minimum Gasteiger partial charge on any atom is -0.469 e. The number of nitrogen functional groups attached to an aromatic ring is 1. The van der Waals surface area contributed by atoms with Crippen molar-refractivity contribution in [1.82, 2.24) is 14.9 Å². The highest BCUT2D eigenvalue weighted by Crippen LogP contribution is 2.46. The van der Waals surface area contributed by atoms with Crippen LogP contribution in [0.4, 0.5) is 24.0 Å². The number of thiophene rings is 1. The Balaban J connectivity index is 1.32.